The van der Waals surface area contributed by atoms with Gasteiger partial charge in [0.25, 0.3) is 0 Å². The average molecular weight is 512 g/mol. The van der Waals surface area contributed by atoms with Crippen molar-refractivity contribution in [2.24, 2.45) is 4.99 Å². The van der Waals surface area contributed by atoms with E-state index in [0.717, 1.165) is 18.4 Å². The number of aliphatic imine (C=N–C) groups is 1. The highest BCUT2D eigenvalue weighted by Crippen LogP contribution is 2.28. The van der Waals surface area contributed by atoms with Crippen LogP contribution in [0.15, 0.2) is 34.2 Å². The van der Waals surface area contributed by atoms with E-state index in [4.69, 9.17) is 0 Å². The van der Waals surface area contributed by atoms with Gasteiger partial charge in [0.2, 0.25) is 10.0 Å². The van der Waals surface area contributed by atoms with Gasteiger partial charge in [-0.3, -0.25) is 4.99 Å². The van der Waals surface area contributed by atoms with Crippen molar-refractivity contribution < 1.29 is 8.42 Å². The molecule has 6 nitrogen and oxygen atoms in total. The van der Waals surface area contributed by atoms with Crippen molar-refractivity contribution >= 4 is 51.7 Å². The van der Waals surface area contributed by atoms with Gasteiger partial charge in [0.1, 0.15) is 0 Å². The maximum atomic E-state index is 12.5. The van der Waals surface area contributed by atoms with Crippen molar-refractivity contribution in [3.05, 3.63) is 29.8 Å². The second-order valence-corrected chi connectivity index (χ2v) is 9.59. The Labute approximate surface area is 178 Å². The van der Waals surface area contributed by atoms with E-state index in [1.165, 1.54) is 10.7 Å². The number of nitrogens with one attached hydrogen (secondary N) is 2. The summed E-state index contributed by atoms with van der Waals surface area (Å²) in [6.45, 7) is 0.404. The molecule has 1 aliphatic carbocycles. The Bertz CT molecular complexity index is 710. The van der Waals surface area contributed by atoms with Gasteiger partial charge in [0, 0.05) is 39.0 Å². The molecule has 148 valence electrons. The van der Waals surface area contributed by atoms with Crippen LogP contribution in [0.5, 0.6) is 0 Å². The Morgan fingerprint density at radius 1 is 1.31 bits per heavy atom. The van der Waals surface area contributed by atoms with Crippen molar-refractivity contribution in [1.29, 1.82) is 0 Å². The van der Waals surface area contributed by atoms with Crippen LogP contribution in [0.1, 0.15) is 24.8 Å². The zero-order chi connectivity index (χ0) is 18.4. The molecule has 0 spiro atoms. The van der Waals surface area contributed by atoms with Crippen LogP contribution in [-0.4, -0.2) is 57.4 Å². The lowest BCUT2D eigenvalue weighted by Crippen LogP contribution is -2.42. The smallest absolute Gasteiger partial charge is 0.242 e. The largest absolute Gasteiger partial charge is 0.354 e. The summed E-state index contributed by atoms with van der Waals surface area (Å²) >= 11 is 1.92. The topological polar surface area (TPSA) is 73.8 Å². The molecule has 2 atom stereocenters. The standard InChI is InChI=1S/C17H28N4O2S2.HI/c1-18-17(20-14-9-10-15(11-14)24-4)19-12-13-7-5-6-8-16(13)25(22,23)21(2)3;/h5-8,14-15H,9-12H2,1-4H3,(H2,18,19,20);1H. The van der Waals surface area contributed by atoms with Crippen molar-refractivity contribution in [3.63, 3.8) is 0 Å². The average Bonchev–Trinajstić information content (AvgIpc) is 3.06. The van der Waals surface area contributed by atoms with Gasteiger partial charge in [-0.1, -0.05) is 18.2 Å². The SMILES string of the molecule is CN=C(NCc1ccccc1S(=O)(=O)N(C)C)NC1CCC(SC)C1.I. The number of benzene rings is 1. The summed E-state index contributed by atoms with van der Waals surface area (Å²) in [6.07, 6.45) is 5.65. The fraction of sp³-hybridized carbons (Fsp3) is 0.588. The minimum Gasteiger partial charge on any atom is -0.354 e. The molecule has 26 heavy (non-hydrogen) atoms. The van der Waals surface area contributed by atoms with Gasteiger partial charge in [-0.2, -0.15) is 11.8 Å². The number of hydrogen-bond acceptors (Lipinski definition) is 4. The van der Waals surface area contributed by atoms with Gasteiger partial charge in [-0.25, -0.2) is 12.7 Å². The van der Waals surface area contributed by atoms with Crippen molar-refractivity contribution in [1.82, 2.24) is 14.9 Å². The lowest BCUT2D eigenvalue weighted by Gasteiger charge is -2.19. The van der Waals surface area contributed by atoms with Crippen LogP contribution in [0.2, 0.25) is 0 Å². The molecule has 1 aliphatic rings. The molecule has 1 saturated carbocycles. The van der Waals surface area contributed by atoms with Crippen LogP contribution in [0, 0.1) is 0 Å². The molecule has 2 N–H and O–H groups in total. The van der Waals surface area contributed by atoms with E-state index in [9.17, 15) is 8.42 Å². The van der Waals surface area contributed by atoms with E-state index in [2.05, 4.69) is 21.9 Å². The molecule has 0 saturated heterocycles. The summed E-state index contributed by atoms with van der Waals surface area (Å²) in [5.74, 6) is 0.712. The van der Waals surface area contributed by atoms with Crippen LogP contribution in [0.25, 0.3) is 0 Å². The molecular weight excluding hydrogens is 483 g/mol. The predicted molar refractivity (Wildman–Crippen MR) is 121 cm³/mol. The molecule has 1 aromatic carbocycles. The summed E-state index contributed by atoms with van der Waals surface area (Å²) in [5, 5.41) is 7.40. The summed E-state index contributed by atoms with van der Waals surface area (Å²) in [5.41, 5.74) is 0.729. The van der Waals surface area contributed by atoms with E-state index in [0.29, 0.717) is 28.7 Å². The first-order valence-corrected chi connectivity index (χ1v) is 11.1. The molecule has 1 aromatic rings. The second-order valence-electron chi connectivity index (χ2n) is 6.33. The number of hydrogen-bond donors (Lipinski definition) is 2. The molecule has 0 aromatic heterocycles. The Morgan fingerprint density at radius 2 is 2.00 bits per heavy atom. The fourth-order valence-corrected chi connectivity index (χ4v) is 4.86. The van der Waals surface area contributed by atoms with Crippen LogP contribution in [0.3, 0.4) is 0 Å². The zero-order valence-electron chi connectivity index (χ0n) is 15.7. The third kappa shape index (κ3) is 6.00. The molecule has 0 bridgehead atoms. The molecule has 9 heteroatoms. The molecule has 2 rings (SSSR count). The predicted octanol–water partition coefficient (Wildman–Crippen LogP) is 2.50. The normalized spacial score (nSPS) is 20.7. The Morgan fingerprint density at radius 3 is 2.58 bits per heavy atom. The maximum absolute atomic E-state index is 12.5. The molecule has 2 unspecified atom stereocenters. The first kappa shape index (κ1) is 23.5. The maximum Gasteiger partial charge on any atom is 0.242 e. The van der Waals surface area contributed by atoms with Gasteiger partial charge < -0.3 is 10.6 Å². The molecule has 0 amide bonds. The summed E-state index contributed by atoms with van der Waals surface area (Å²) in [6, 6.07) is 7.48. The van der Waals surface area contributed by atoms with E-state index < -0.39 is 10.0 Å². The zero-order valence-corrected chi connectivity index (χ0v) is 19.7. The summed E-state index contributed by atoms with van der Waals surface area (Å²) in [7, 11) is 1.36. The number of thioether (sulfide) groups is 1. The molecule has 1 fully saturated rings. The van der Waals surface area contributed by atoms with Crippen LogP contribution in [0.4, 0.5) is 0 Å². The molecule has 0 radical (unpaired) electrons. The van der Waals surface area contributed by atoms with E-state index in [1.54, 1.807) is 33.3 Å². The fourth-order valence-electron chi connectivity index (χ4n) is 2.95. The van der Waals surface area contributed by atoms with Gasteiger partial charge >= 0.3 is 0 Å². The third-order valence-electron chi connectivity index (χ3n) is 4.46. The molecule has 0 aliphatic heterocycles. The van der Waals surface area contributed by atoms with Gasteiger partial charge in [-0.15, -0.1) is 24.0 Å². The van der Waals surface area contributed by atoms with Crippen LogP contribution < -0.4 is 10.6 Å². The molecule has 0 heterocycles. The minimum atomic E-state index is -3.46. The summed E-state index contributed by atoms with van der Waals surface area (Å²) < 4.78 is 26.2. The van der Waals surface area contributed by atoms with E-state index in [-0.39, 0.29) is 24.0 Å². The van der Waals surface area contributed by atoms with Gasteiger partial charge in [0.15, 0.2) is 5.96 Å². The van der Waals surface area contributed by atoms with E-state index >= 15 is 0 Å². The highest BCUT2D eigenvalue weighted by Gasteiger charge is 2.25. The monoisotopic (exact) mass is 512 g/mol. The highest BCUT2D eigenvalue weighted by molar-refractivity contribution is 14.0. The van der Waals surface area contributed by atoms with Gasteiger partial charge in [0.05, 0.1) is 4.90 Å². The first-order valence-electron chi connectivity index (χ1n) is 8.39. The minimum absolute atomic E-state index is 0. The first-order chi connectivity index (χ1) is 11.9. The van der Waals surface area contributed by atoms with Crippen LogP contribution >= 0.6 is 35.7 Å². The van der Waals surface area contributed by atoms with Crippen LogP contribution in [-0.2, 0) is 16.6 Å². The van der Waals surface area contributed by atoms with E-state index in [1.807, 2.05) is 23.9 Å². The quantitative estimate of drug-likeness (QED) is 0.348. The number of rotatable bonds is 6. The number of nitrogens with zero attached hydrogens (tertiary/aromatic N) is 2. The Hall–Kier alpha value is -0.520. The third-order valence-corrected chi connectivity index (χ3v) is 7.47. The number of guanidine groups is 1. The lowest BCUT2D eigenvalue weighted by atomic mass is 10.2. The number of sulfonamides is 1. The Balaban J connectivity index is 0.00000338. The van der Waals surface area contributed by atoms with Gasteiger partial charge in [-0.05, 0) is 37.1 Å². The molecular formula is C17H29IN4O2S2. The van der Waals surface area contributed by atoms with Crippen molar-refractivity contribution in [2.45, 2.75) is 42.0 Å². The number of halogens is 1. The highest BCUT2D eigenvalue weighted by atomic mass is 127. The van der Waals surface area contributed by atoms with Crippen molar-refractivity contribution in [2.75, 3.05) is 27.4 Å². The summed E-state index contributed by atoms with van der Waals surface area (Å²) in [4.78, 5) is 4.60. The Kier molecular flexibility index (Phi) is 9.70. The van der Waals surface area contributed by atoms with Crippen molar-refractivity contribution in [3.8, 4) is 0 Å². The lowest BCUT2D eigenvalue weighted by molar-refractivity contribution is 0.519. The second kappa shape index (κ2) is 10.7.